The maximum atomic E-state index is 12.8. The fourth-order valence-corrected chi connectivity index (χ4v) is 5.62. The zero-order chi connectivity index (χ0) is 20.6. The lowest BCUT2D eigenvalue weighted by Gasteiger charge is -2.17. The number of thiazole rings is 1. The Morgan fingerprint density at radius 1 is 1.21 bits per heavy atom. The first-order valence-electron chi connectivity index (χ1n) is 9.03. The predicted molar refractivity (Wildman–Crippen MR) is 113 cm³/mol. The Labute approximate surface area is 169 Å². The first kappa shape index (κ1) is 20.5. The van der Waals surface area contributed by atoms with E-state index in [9.17, 15) is 13.2 Å². The van der Waals surface area contributed by atoms with Crippen molar-refractivity contribution in [3.8, 4) is 0 Å². The van der Waals surface area contributed by atoms with Crippen LogP contribution in [0, 0.1) is 13.8 Å². The Morgan fingerprint density at radius 2 is 1.86 bits per heavy atom. The smallest absolute Gasteiger partial charge is 0.274 e. The van der Waals surface area contributed by atoms with E-state index in [0.717, 1.165) is 21.3 Å². The summed E-state index contributed by atoms with van der Waals surface area (Å²) in [5, 5.41) is 3.30. The van der Waals surface area contributed by atoms with Gasteiger partial charge in [0.2, 0.25) is 10.0 Å². The second-order valence-electron chi connectivity index (χ2n) is 6.61. The number of amides is 1. The average Bonchev–Trinajstić information content (AvgIpc) is 3.24. The molecule has 0 aliphatic rings. The van der Waals surface area contributed by atoms with Gasteiger partial charge in [0.25, 0.3) is 5.91 Å². The lowest BCUT2D eigenvalue weighted by Crippen LogP contribution is -2.30. The third-order valence-corrected chi connectivity index (χ3v) is 7.84. The molecule has 0 fully saturated rings. The van der Waals surface area contributed by atoms with Crippen LogP contribution in [0.1, 0.15) is 35.5 Å². The number of fused-ring (bicyclic) bond motifs is 1. The van der Waals surface area contributed by atoms with Crippen LogP contribution in [0.5, 0.6) is 0 Å². The quantitative estimate of drug-likeness (QED) is 0.661. The Balaban J connectivity index is 1.91. The van der Waals surface area contributed by atoms with Gasteiger partial charge >= 0.3 is 0 Å². The summed E-state index contributed by atoms with van der Waals surface area (Å²) in [5.41, 5.74) is 3.28. The lowest BCUT2D eigenvalue weighted by molar-refractivity contribution is 0.101. The summed E-state index contributed by atoms with van der Waals surface area (Å²) in [6.07, 6.45) is 1.47. The maximum absolute atomic E-state index is 12.8. The second kappa shape index (κ2) is 7.65. The number of carbonyl (C=O) groups excluding carboxylic acids is 1. The Morgan fingerprint density at radius 3 is 2.46 bits per heavy atom. The van der Waals surface area contributed by atoms with Crippen LogP contribution < -0.4 is 5.32 Å². The maximum Gasteiger partial charge on any atom is 0.274 e. The molecule has 28 heavy (non-hydrogen) atoms. The Kier molecular flexibility index (Phi) is 5.60. The fraction of sp³-hybridized carbons (Fsp3) is 0.368. The Hall–Kier alpha value is -2.23. The first-order valence-corrected chi connectivity index (χ1v) is 11.3. The number of hydrogen-bond acceptors (Lipinski definition) is 5. The molecule has 0 aliphatic heterocycles. The van der Waals surface area contributed by atoms with Crippen LogP contribution in [0.4, 0.5) is 5.13 Å². The van der Waals surface area contributed by atoms with Crippen molar-refractivity contribution in [3.05, 3.63) is 41.2 Å². The van der Waals surface area contributed by atoms with Gasteiger partial charge in [0.05, 0.1) is 10.2 Å². The third kappa shape index (κ3) is 3.57. The number of hydrogen-bond donors (Lipinski definition) is 1. The van der Waals surface area contributed by atoms with Crippen LogP contribution in [-0.4, -0.2) is 41.3 Å². The number of benzene rings is 1. The van der Waals surface area contributed by atoms with E-state index in [1.807, 2.05) is 26.0 Å². The van der Waals surface area contributed by atoms with Gasteiger partial charge in [-0.1, -0.05) is 37.3 Å². The highest BCUT2D eigenvalue weighted by Gasteiger charge is 2.25. The molecule has 0 unspecified atom stereocenters. The summed E-state index contributed by atoms with van der Waals surface area (Å²) in [4.78, 5) is 17.4. The van der Waals surface area contributed by atoms with Crippen molar-refractivity contribution >= 4 is 42.6 Å². The molecule has 150 valence electrons. The van der Waals surface area contributed by atoms with E-state index in [4.69, 9.17) is 0 Å². The second-order valence-corrected chi connectivity index (χ2v) is 9.55. The van der Waals surface area contributed by atoms with E-state index in [0.29, 0.717) is 18.2 Å². The van der Waals surface area contributed by atoms with Gasteiger partial charge < -0.3 is 4.57 Å². The summed E-state index contributed by atoms with van der Waals surface area (Å²) >= 11 is 1.41. The van der Waals surface area contributed by atoms with Crippen LogP contribution in [0.15, 0.2) is 29.3 Å². The molecule has 0 saturated carbocycles. The van der Waals surface area contributed by atoms with Gasteiger partial charge in [0, 0.05) is 26.3 Å². The number of aryl methyl sites for hydroxylation is 3. The van der Waals surface area contributed by atoms with Crippen molar-refractivity contribution in [1.82, 2.24) is 13.9 Å². The number of nitrogens with zero attached hydrogens (tertiary/aromatic N) is 3. The molecule has 7 nitrogen and oxygen atoms in total. The molecule has 1 amide bonds. The van der Waals surface area contributed by atoms with Crippen LogP contribution in [-0.2, 0) is 17.1 Å². The number of sulfonamides is 1. The van der Waals surface area contributed by atoms with Crippen molar-refractivity contribution in [3.63, 3.8) is 0 Å². The van der Waals surface area contributed by atoms with Crippen molar-refractivity contribution in [2.45, 2.75) is 32.6 Å². The Bertz CT molecular complexity index is 1100. The minimum Gasteiger partial charge on any atom is -0.345 e. The molecule has 2 heterocycles. The highest BCUT2D eigenvalue weighted by molar-refractivity contribution is 7.89. The zero-order valence-electron chi connectivity index (χ0n) is 16.6. The molecule has 0 radical (unpaired) electrons. The van der Waals surface area contributed by atoms with Gasteiger partial charge in [-0.2, -0.15) is 4.31 Å². The van der Waals surface area contributed by atoms with Gasteiger partial charge in [0.15, 0.2) is 5.13 Å². The number of aromatic nitrogens is 2. The minimum absolute atomic E-state index is 0.111. The summed E-state index contributed by atoms with van der Waals surface area (Å²) < 4.78 is 29.3. The molecule has 0 bridgehead atoms. The lowest BCUT2D eigenvalue weighted by atomic mass is 10.1. The molecule has 9 heteroatoms. The highest BCUT2D eigenvalue weighted by atomic mass is 32.2. The average molecular weight is 421 g/mol. The molecule has 0 atom stereocenters. The largest absolute Gasteiger partial charge is 0.345 e. The number of anilines is 1. The van der Waals surface area contributed by atoms with Gasteiger partial charge in [0.1, 0.15) is 10.6 Å². The highest BCUT2D eigenvalue weighted by Crippen LogP contribution is 2.31. The summed E-state index contributed by atoms with van der Waals surface area (Å²) in [6, 6.07) is 5.44. The van der Waals surface area contributed by atoms with Crippen molar-refractivity contribution in [2.24, 2.45) is 7.05 Å². The van der Waals surface area contributed by atoms with Crippen molar-refractivity contribution < 1.29 is 13.2 Å². The molecule has 3 aromatic rings. The number of carbonyl (C=O) groups is 1. The van der Waals surface area contributed by atoms with Gasteiger partial charge in [-0.15, -0.1) is 0 Å². The molecular weight excluding hydrogens is 396 g/mol. The van der Waals surface area contributed by atoms with Crippen LogP contribution >= 0.6 is 11.3 Å². The SMILES string of the molecule is CCN(CC)S(=O)(=O)c1cc(C(=O)Nc2nc3c(C)ccc(C)c3s2)n(C)c1. The van der Waals surface area contributed by atoms with Gasteiger partial charge in [-0.3, -0.25) is 10.1 Å². The summed E-state index contributed by atoms with van der Waals surface area (Å²) in [5.74, 6) is -0.391. The van der Waals surface area contributed by atoms with E-state index in [1.165, 1.54) is 32.5 Å². The van der Waals surface area contributed by atoms with Crippen LogP contribution in [0.3, 0.4) is 0 Å². The number of rotatable bonds is 6. The van der Waals surface area contributed by atoms with E-state index < -0.39 is 15.9 Å². The van der Waals surface area contributed by atoms with E-state index in [2.05, 4.69) is 10.3 Å². The molecule has 1 N–H and O–H groups in total. The topological polar surface area (TPSA) is 84.3 Å². The molecule has 2 aromatic heterocycles. The molecule has 0 spiro atoms. The van der Waals surface area contributed by atoms with Crippen molar-refractivity contribution in [2.75, 3.05) is 18.4 Å². The molecule has 0 saturated heterocycles. The number of nitrogens with one attached hydrogen (secondary N) is 1. The monoisotopic (exact) mass is 420 g/mol. The summed E-state index contributed by atoms with van der Waals surface area (Å²) in [6.45, 7) is 8.31. The standard InChI is InChI=1S/C19H24N4O3S2/c1-6-23(7-2)28(25,26)14-10-15(22(5)11-14)18(24)21-19-20-16-12(3)8-9-13(4)17(16)27-19/h8-11H,6-7H2,1-5H3,(H,20,21,24). The minimum atomic E-state index is -3.62. The van der Waals surface area contributed by atoms with Gasteiger partial charge in [-0.25, -0.2) is 13.4 Å². The zero-order valence-corrected chi connectivity index (χ0v) is 18.2. The predicted octanol–water partition coefficient (Wildman–Crippen LogP) is 3.53. The normalized spacial score (nSPS) is 12.1. The third-order valence-electron chi connectivity index (χ3n) is 4.72. The molecular formula is C19H24N4O3S2. The van der Waals surface area contributed by atoms with Gasteiger partial charge in [-0.05, 0) is 31.0 Å². The first-order chi connectivity index (χ1) is 13.2. The van der Waals surface area contributed by atoms with Crippen LogP contribution in [0.2, 0.25) is 0 Å². The van der Waals surface area contributed by atoms with E-state index >= 15 is 0 Å². The van der Waals surface area contributed by atoms with E-state index in [1.54, 1.807) is 20.9 Å². The van der Waals surface area contributed by atoms with E-state index in [-0.39, 0.29) is 10.6 Å². The molecule has 0 aliphatic carbocycles. The molecule has 1 aromatic carbocycles. The fourth-order valence-electron chi connectivity index (χ4n) is 3.09. The summed E-state index contributed by atoms with van der Waals surface area (Å²) in [7, 11) is -1.97. The van der Waals surface area contributed by atoms with Crippen LogP contribution in [0.25, 0.3) is 10.2 Å². The molecule has 3 rings (SSSR count). The van der Waals surface area contributed by atoms with Crippen molar-refractivity contribution in [1.29, 1.82) is 0 Å².